The Hall–Kier alpha value is -6.40. The number of carboxylic acids is 2. The number of carboxylic acid groups (broad SMARTS) is 2. The van der Waals surface area contributed by atoms with E-state index < -0.39 is 76.4 Å². The third kappa shape index (κ3) is 10.8. The number of aromatic nitrogens is 3. The van der Waals surface area contributed by atoms with Crippen molar-refractivity contribution in [3.63, 3.8) is 0 Å². The molecule has 0 bridgehead atoms. The summed E-state index contributed by atoms with van der Waals surface area (Å²) in [6.07, 6.45) is 1.74. The Labute approximate surface area is 333 Å². The second kappa shape index (κ2) is 17.6. The average molecular weight is 829 g/mol. The van der Waals surface area contributed by atoms with Crippen LogP contribution in [0.2, 0.25) is 0 Å². The van der Waals surface area contributed by atoms with Gasteiger partial charge in [-0.1, -0.05) is 30.3 Å². The van der Waals surface area contributed by atoms with E-state index in [1.165, 1.54) is 30.3 Å². The van der Waals surface area contributed by atoms with Gasteiger partial charge in [-0.2, -0.15) is 22.7 Å². The number of aromatic amines is 1. The summed E-state index contributed by atoms with van der Waals surface area (Å²) in [4.78, 5) is 64.8. The lowest BCUT2D eigenvalue weighted by molar-refractivity contribution is -0.231. The van der Waals surface area contributed by atoms with E-state index in [1.807, 2.05) is 0 Å². The molecule has 1 saturated carbocycles. The normalized spacial score (nSPS) is 16.4. The van der Waals surface area contributed by atoms with Crippen LogP contribution in [0.4, 0.5) is 32.4 Å². The van der Waals surface area contributed by atoms with E-state index in [0.717, 1.165) is 12.1 Å². The summed E-state index contributed by atoms with van der Waals surface area (Å²) in [7, 11) is 0. The molecule has 19 heteroatoms. The van der Waals surface area contributed by atoms with Crippen LogP contribution in [0.15, 0.2) is 66.7 Å². The fourth-order valence-corrected chi connectivity index (χ4v) is 6.35. The van der Waals surface area contributed by atoms with Gasteiger partial charge in [0.25, 0.3) is 0 Å². The van der Waals surface area contributed by atoms with Crippen molar-refractivity contribution in [3.8, 4) is 22.5 Å². The molecular weight excluding hydrogens is 787 g/mol. The smallest absolute Gasteiger partial charge is 0.411 e. The van der Waals surface area contributed by atoms with Crippen LogP contribution < -0.4 is 16.0 Å². The van der Waals surface area contributed by atoms with Gasteiger partial charge in [0, 0.05) is 30.1 Å². The fraction of sp³-hybridized carbons (Fsp3) is 0.375. The standard InChI is InChI=1S/C40H41F5N6O8/c1-38(2,3)59-37(58)46-20-22-6-10-25(11-7-22)32(52)48-30(18-21-4-8-23(9-5-21)26-14-17-28(34(54)55)29(41)19-26)33(53)47-27-15-12-24(13-16-27)31-49-35(51-50-31)39(42,43)40(44,45)36(56)57/h4-5,8-9,12-17,19,22,25,30H,6-7,10-11,18,20H2,1-3H3,(H,46,58)(H,47,53)(H,48,52)(H,54,55)(H,56,57)(H,49,50,51)/t22-,25-,30-/m0/s1. The third-order valence-electron chi connectivity index (χ3n) is 9.57. The van der Waals surface area contributed by atoms with E-state index in [1.54, 1.807) is 50.1 Å². The van der Waals surface area contributed by atoms with Gasteiger partial charge in [-0.15, -0.1) is 0 Å². The molecule has 0 aliphatic heterocycles. The van der Waals surface area contributed by atoms with Crippen LogP contribution in [0.5, 0.6) is 0 Å². The van der Waals surface area contributed by atoms with Gasteiger partial charge < -0.3 is 30.9 Å². The lowest BCUT2D eigenvalue weighted by Crippen LogP contribution is -2.48. The average Bonchev–Trinajstić information content (AvgIpc) is 3.68. The summed E-state index contributed by atoms with van der Waals surface area (Å²) >= 11 is 0. The number of carbonyl (C=O) groups excluding carboxylic acids is 3. The number of carbonyl (C=O) groups is 5. The Bertz CT molecular complexity index is 2180. The van der Waals surface area contributed by atoms with Crippen LogP contribution in [-0.4, -0.2) is 79.4 Å². The summed E-state index contributed by atoms with van der Waals surface area (Å²) < 4.78 is 75.5. The van der Waals surface area contributed by atoms with Crippen molar-refractivity contribution in [2.24, 2.45) is 11.8 Å². The monoisotopic (exact) mass is 828 g/mol. The number of amides is 3. The SMILES string of the molecule is CC(C)(C)OC(=O)NC[C@H]1CC[C@H](C(=O)N[C@@H](Cc2ccc(-c3ccc(C(=O)O)c(F)c3)cc2)C(=O)Nc2ccc(-c3n[nH]c(C(F)(F)C(F)(F)C(=O)O)n3)cc2)CC1. The molecule has 14 nitrogen and oxygen atoms in total. The highest BCUT2D eigenvalue weighted by Gasteiger charge is 2.65. The number of halogens is 5. The highest BCUT2D eigenvalue weighted by molar-refractivity contribution is 5.98. The van der Waals surface area contributed by atoms with Crippen molar-refractivity contribution in [2.75, 3.05) is 11.9 Å². The van der Waals surface area contributed by atoms with Crippen molar-refractivity contribution in [1.29, 1.82) is 0 Å². The van der Waals surface area contributed by atoms with E-state index in [0.29, 0.717) is 48.9 Å². The fourth-order valence-electron chi connectivity index (χ4n) is 6.35. The van der Waals surface area contributed by atoms with Gasteiger partial charge in [0.05, 0.1) is 5.56 Å². The minimum Gasteiger partial charge on any atom is -0.478 e. The Morgan fingerprint density at radius 1 is 0.864 bits per heavy atom. The molecule has 0 unspecified atom stereocenters. The quantitative estimate of drug-likeness (QED) is 0.0733. The van der Waals surface area contributed by atoms with Crippen molar-refractivity contribution < 1.29 is 60.9 Å². The van der Waals surface area contributed by atoms with Crippen LogP contribution >= 0.6 is 0 Å². The lowest BCUT2D eigenvalue weighted by atomic mass is 9.81. The van der Waals surface area contributed by atoms with Crippen molar-refractivity contribution in [1.82, 2.24) is 25.8 Å². The molecule has 1 aromatic heterocycles. The predicted molar refractivity (Wildman–Crippen MR) is 201 cm³/mol. The van der Waals surface area contributed by atoms with Gasteiger partial charge >= 0.3 is 29.9 Å². The first-order valence-electron chi connectivity index (χ1n) is 18.4. The zero-order chi connectivity index (χ0) is 43.3. The molecular formula is C40H41F5N6O8. The Morgan fingerprint density at radius 2 is 1.47 bits per heavy atom. The summed E-state index contributed by atoms with van der Waals surface area (Å²) in [5, 5.41) is 31.2. The number of benzene rings is 3. The van der Waals surface area contributed by atoms with Crippen LogP contribution in [0.25, 0.3) is 22.5 Å². The third-order valence-corrected chi connectivity index (χ3v) is 9.57. The number of alkyl carbamates (subject to hydrolysis) is 1. The number of hydrogen-bond acceptors (Lipinski definition) is 8. The Morgan fingerprint density at radius 3 is 2.05 bits per heavy atom. The summed E-state index contributed by atoms with van der Waals surface area (Å²) in [6.45, 7) is 5.65. The molecule has 0 saturated heterocycles. The van der Waals surface area contributed by atoms with Gasteiger partial charge in [-0.05, 0) is 105 Å². The highest BCUT2D eigenvalue weighted by atomic mass is 19.3. The summed E-state index contributed by atoms with van der Waals surface area (Å²) in [5.74, 6) is -19.5. The number of ether oxygens (including phenoxy) is 1. The van der Waals surface area contributed by atoms with Gasteiger partial charge in [0.15, 0.2) is 5.82 Å². The number of aromatic carboxylic acids is 1. The maximum Gasteiger partial charge on any atom is 0.411 e. The van der Waals surface area contributed by atoms with Crippen molar-refractivity contribution >= 4 is 35.5 Å². The van der Waals surface area contributed by atoms with Gasteiger partial charge in [0.1, 0.15) is 17.5 Å². The molecule has 1 fully saturated rings. The van der Waals surface area contributed by atoms with E-state index in [-0.39, 0.29) is 29.5 Å². The van der Waals surface area contributed by atoms with Crippen molar-refractivity contribution in [3.05, 3.63) is 89.5 Å². The number of nitrogens with zero attached hydrogens (tertiary/aromatic N) is 2. The topological polar surface area (TPSA) is 213 Å². The van der Waals surface area contributed by atoms with Gasteiger partial charge in [-0.25, -0.2) is 23.8 Å². The largest absolute Gasteiger partial charge is 0.478 e. The van der Waals surface area contributed by atoms with Gasteiger partial charge in [-0.3, -0.25) is 14.7 Å². The summed E-state index contributed by atoms with van der Waals surface area (Å²) in [6, 6.07) is 14.5. The molecule has 3 aromatic carbocycles. The molecule has 3 amide bonds. The minimum absolute atomic E-state index is 0.00651. The Kier molecular flexibility index (Phi) is 13.1. The lowest BCUT2D eigenvalue weighted by Gasteiger charge is -2.29. The van der Waals surface area contributed by atoms with E-state index >= 15 is 0 Å². The molecule has 0 spiro atoms. The second-order valence-electron chi connectivity index (χ2n) is 15.1. The number of alkyl halides is 4. The van der Waals surface area contributed by atoms with Crippen LogP contribution in [-0.2, 0) is 31.5 Å². The van der Waals surface area contributed by atoms with E-state index in [4.69, 9.17) is 14.9 Å². The molecule has 1 aliphatic carbocycles. The minimum atomic E-state index is -5.47. The molecule has 1 heterocycles. The zero-order valence-corrected chi connectivity index (χ0v) is 32.0. The number of anilines is 1. The van der Waals surface area contributed by atoms with Crippen LogP contribution in [0.3, 0.4) is 0 Å². The molecule has 1 atom stereocenters. The maximum absolute atomic E-state index is 14.4. The van der Waals surface area contributed by atoms with E-state index in [9.17, 15) is 45.9 Å². The zero-order valence-electron chi connectivity index (χ0n) is 32.0. The maximum atomic E-state index is 14.4. The number of rotatable bonds is 14. The first kappa shape index (κ1) is 43.7. The molecule has 59 heavy (non-hydrogen) atoms. The number of nitrogens with one attached hydrogen (secondary N) is 4. The first-order chi connectivity index (χ1) is 27.6. The van der Waals surface area contributed by atoms with E-state index in [2.05, 4.69) is 26.0 Å². The van der Waals surface area contributed by atoms with Crippen molar-refractivity contribution in [2.45, 2.75) is 76.4 Å². The van der Waals surface area contributed by atoms with Gasteiger partial charge in [0.2, 0.25) is 17.6 Å². The molecule has 314 valence electrons. The first-order valence-corrected chi connectivity index (χ1v) is 18.4. The van der Waals surface area contributed by atoms with Crippen LogP contribution in [0.1, 0.15) is 68.2 Å². The predicted octanol–water partition coefficient (Wildman–Crippen LogP) is 6.78. The Balaban J connectivity index is 1.28. The highest BCUT2D eigenvalue weighted by Crippen LogP contribution is 2.42. The number of H-pyrrole nitrogens is 1. The summed E-state index contributed by atoms with van der Waals surface area (Å²) in [5.41, 5.74) is 0.698. The number of aliphatic carboxylic acids is 1. The molecule has 5 rings (SSSR count). The number of hydrogen-bond donors (Lipinski definition) is 6. The van der Waals surface area contributed by atoms with Crippen LogP contribution in [0, 0.1) is 17.7 Å². The molecule has 4 aromatic rings. The molecule has 0 radical (unpaired) electrons. The molecule has 1 aliphatic rings. The molecule has 6 N–H and O–H groups in total. The second-order valence-corrected chi connectivity index (χ2v) is 15.1.